The fourth-order valence-corrected chi connectivity index (χ4v) is 3.12. The molecule has 0 amide bonds. The minimum atomic E-state index is -4.76. The van der Waals surface area contributed by atoms with Gasteiger partial charge >= 0.3 is 6.18 Å². The lowest BCUT2D eigenvalue weighted by atomic mass is 10.2. The van der Waals surface area contributed by atoms with Gasteiger partial charge in [0.1, 0.15) is 5.82 Å². The monoisotopic (exact) mass is 484 g/mol. The zero-order chi connectivity index (χ0) is 24.9. The predicted molar refractivity (Wildman–Crippen MR) is 112 cm³/mol. The Kier molecular flexibility index (Phi) is 7.23. The van der Waals surface area contributed by atoms with Gasteiger partial charge in [-0.3, -0.25) is 0 Å². The fraction of sp³-hybridized carbons (Fsp3) is 0.350. The maximum atomic E-state index is 13.7. The molecule has 0 radical (unpaired) electrons. The number of anilines is 4. The van der Waals surface area contributed by atoms with Crippen molar-refractivity contribution in [2.45, 2.75) is 44.3 Å². The molecule has 3 N–H and O–H groups in total. The molecule has 34 heavy (non-hydrogen) atoms. The van der Waals surface area contributed by atoms with E-state index >= 15 is 0 Å². The molecule has 0 aliphatic heterocycles. The van der Waals surface area contributed by atoms with E-state index < -0.39 is 42.0 Å². The number of allylic oxidation sites excluding steroid dienone is 2. The summed E-state index contributed by atoms with van der Waals surface area (Å²) in [5.41, 5.74) is 0.875. The van der Waals surface area contributed by atoms with Crippen molar-refractivity contribution in [1.29, 1.82) is 5.26 Å². The molecule has 1 aromatic carbocycles. The van der Waals surface area contributed by atoms with Crippen LogP contribution < -0.4 is 16.1 Å². The Bertz CT molecular complexity index is 1140. The summed E-state index contributed by atoms with van der Waals surface area (Å²) >= 11 is 0. The van der Waals surface area contributed by atoms with Crippen LogP contribution in [0.3, 0.4) is 0 Å². The summed E-state index contributed by atoms with van der Waals surface area (Å²) in [6, 6.07) is 4.40. The highest BCUT2D eigenvalue weighted by molar-refractivity contribution is 5.99. The molecule has 1 aromatic heterocycles. The van der Waals surface area contributed by atoms with Crippen LogP contribution in [-0.2, 0) is 0 Å². The molecular formula is C20H18F6N8. The molecule has 0 spiro atoms. The zero-order valence-corrected chi connectivity index (χ0v) is 17.6. The lowest BCUT2D eigenvalue weighted by Crippen LogP contribution is -2.23. The van der Waals surface area contributed by atoms with Crippen LogP contribution in [0, 0.1) is 17.1 Å². The van der Waals surface area contributed by atoms with Crippen LogP contribution in [0.5, 0.6) is 0 Å². The third-order valence-corrected chi connectivity index (χ3v) is 4.55. The Labute approximate surface area is 189 Å². The first-order chi connectivity index (χ1) is 16.0. The van der Waals surface area contributed by atoms with Gasteiger partial charge in [0.25, 0.3) is 0 Å². The number of hydrazone groups is 1. The van der Waals surface area contributed by atoms with E-state index in [-0.39, 0.29) is 36.0 Å². The average Bonchev–Trinajstić information content (AvgIpc) is 3.07. The van der Waals surface area contributed by atoms with Gasteiger partial charge < -0.3 is 10.6 Å². The number of hydrogen-bond donors (Lipinski definition) is 3. The van der Waals surface area contributed by atoms with Crippen molar-refractivity contribution in [3.8, 4) is 6.07 Å². The predicted octanol–water partition coefficient (Wildman–Crippen LogP) is 5.13. The molecule has 1 unspecified atom stereocenters. The number of rotatable bonds is 7. The average molecular weight is 484 g/mol. The molecular weight excluding hydrogens is 466 g/mol. The molecule has 1 heterocycles. The Morgan fingerprint density at radius 2 is 1.88 bits per heavy atom. The van der Waals surface area contributed by atoms with Crippen molar-refractivity contribution in [3.63, 3.8) is 0 Å². The lowest BCUT2D eigenvalue weighted by molar-refractivity contribution is -0.0577. The lowest BCUT2D eigenvalue weighted by Gasteiger charge is -2.15. The van der Waals surface area contributed by atoms with Gasteiger partial charge in [-0.05, 0) is 37.6 Å². The van der Waals surface area contributed by atoms with Crippen LogP contribution in [0.4, 0.5) is 49.9 Å². The van der Waals surface area contributed by atoms with Gasteiger partial charge in [0, 0.05) is 24.6 Å². The number of nitrogens with one attached hydrogen (secondary N) is 3. The highest BCUT2D eigenvalue weighted by Gasteiger charge is 2.39. The molecule has 1 aliphatic rings. The Morgan fingerprint density at radius 3 is 2.50 bits per heavy atom. The Morgan fingerprint density at radius 1 is 1.18 bits per heavy atom. The summed E-state index contributed by atoms with van der Waals surface area (Å²) < 4.78 is 80.0. The molecule has 14 heteroatoms. The normalized spacial score (nSPS) is 18.1. The van der Waals surface area contributed by atoms with E-state index in [1.165, 1.54) is 13.0 Å². The molecule has 8 nitrogen and oxygen atoms in total. The number of nitrogens with zero attached hydrogens (tertiary/aromatic N) is 5. The van der Waals surface area contributed by atoms with E-state index in [2.05, 4.69) is 36.1 Å². The van der Waals surface area contributed by atoms with Gasteiger partial charge in [-0.2, -0.15) is 38.5 Å². The summed E-state index contributed by atoms with van der Waals surface area (Å²) in [7, 11) is 0. The van der Waals surface area contributed by atoms with Crippen molar-refractivity contribution in [3.05, 3.63) is 41.7 Å². The number of nitriles is 1. The first-order valence-electron chi connectivity index (χ1n) is 9.89. The van der Waals surface area contributed by atoms with E-state index in [9.17, 15) is 26.3 Å². The standard InChI is InChI=1S/C20H18F6N8/c1-2-3-15(20(24,25)26)33-34-18-31-16(28-13-4-5-19(22,23)9-13)30-17(32-18)29-14-7-11(10-27)6-12(21)8-14/h2-3,6-8,13H,4-5,9H2,1H3,(H3,28,29,30,31,32,34)/b3-2-,33-15+. The summed E-state index contributed by atoms with van der Waals surface area (Å²) in [5, 5.41) is 17.6. The second-order valence-corrected chi connectivity index (χ2v) is 7.32. The van der Waals surface area contributed by atoms with Gasteiger partial charge in [0.15, 0.2) is 5.71 Å². The molecule has 1 fully saturated rings. The van der Waals surface area contributed by atoms with Crippen molar-refractivity contribution in [2.24, 2.45) is 5.10 Å². The second kappa shape index (κ2) is 9.94. The third kappa shape index (κ3) is 6.80. The fourth-order valence-electron chi connectivity index (χ4n) is 3.12. The summed E-state index contributed by atoms with van der Waals surface area (Å²) in [4.78, 5) is 11.8. The highest BCUT2D eigenvalue weighted by Crippen LogP contribution is 2.36. The zero-order valence-electron chi connectivity index (χ0n) is 17.6. The maximum Gasteiger partial charge on any atom is 0.435 e. The number of benzene rings is 1. The van der Waals surface area contributed by atoms with Crippen molar-refractivity contribution in [2.75, 3.05) is 16.1 Å². The van der Waals surface area contributed by atoms with Gasteiger partial charge in [0.05, 0.1) is 11.6 Å². The number of hydrogen-bond acceptors (Lipinski definition) is 8. The molecule has 1 aliphatic carbocycles. The number of aromatic nitrogens is 3. The second-order valence-electron chi connectivity index (χ2n) is 7.32. The van der Waals surface area contributed by atoms with E-state index in [0.717, 1.165) is 24.3 Å². The Hall–Kier alpha value is -3.89. The summed E-state index contributed by atoms with van der Waals surface area (Å²) in [6.45, 7) is 1.38. The van der Waals surface area contributed by atoms with Crippen LogP contribution in [0.25, 0.3) is 0 Å². The quantitative estimate of drug-likeness (QED) is 0.284. The van der Waals surface area contributed by atoms with Crippen LogP contribution in [0.15, 0.2) is 35.5 Å². The smallest absolute Gasteiger partial charge is 0.351 e. The first-order valence-corrected chi connectivity index (χ1v) is 9.89. The number of halogens is 6. The van der Waals surface area contributed by atoms with Gasteiger partial charge in [0.2, 0.25) is 23.8 Å². The van der Waals surface area contributed by atoms with Crippen LogP contribution in [0.1, 0.15) is 31.7 Å². The molecule has 0 saturated heterocycles. The minimum absolute atomic E-state index is 0.00721. The van der Waals surface area contributed by atoms with Crippen LogP contribution >= 0.6 is 0 Å². The van der Waals surface area contributed by atoms with E-state index in [1.807, 2.05) is 0 Å². The largest absolute Gasteiger partial charge is 0.435 e. The molecule has 1 atom stereocenters. The molecule has 180 valence electrons. The summed E-state index contributed by atoms with van der Waals surface area (Å²) in [6.07, 6.45) is -3.59. The first kappa shape index (κ1) is 24.7. The van der Waals surface area contributed by atoms with Crippen molar-refractivity contribution in [1.82, 2.24) is 15.0 Å². The van der Waals surface area contributed by atoms with E-state index in [1.54, 1.807) is 6.07 Å². The Balaban J connectivity index is 1.93. The molecule has 3 rings (SSSR count). The SMILES string of the molecule is C/C=C\C(=N/Nc1nc(Nc2cc(F)cc(C#N)c2)nc(NC2CCC(F)(F)C2)n1)C(F)(F)F. The molecule has 1 saturated carbocycles. The van der Waals surface area contributed by atoms with E-state index in [0.29, 0.717) is 0 Å². The third-order valence-electron chi connectivity index (χ3n) is 4.55. The van der Waals surface area contributed by atoms with Crippen molar-refractivity contribution < 1.29 is 26.3 Å². The van der Waals surface area contributed by atoms with Crippen LogP contribution in [0.2, 0.25) is 0 Å². The van der Waals surface area contributed by atoms with Crippen molar-refractivity contribution >= 4 is 29.2 Å². The summed E-state index contributed by atoms with van der Waals surface area (Å²) in [5.74, 6) is -4.50. The number of alkyl halides is 5. The minimum Gasteiger partial charge on any atom is -0.351 e. The van der Waals surface area contributed by atoms with Crippen LogP contribution in [-0.4, -0.2) is 38.8 Å². The topological polar surface area (TPSA) is 111 Å². The van der Waals surface area contributed by atoms with Gasteiger partial charge in [-0.25, -0.2) is 18.6 Å². The molecule has 0 bridgehead atoms. The highest BCUT2D eigenvalue weighted by atomic mass is 19.4. The van der Waals surface area contributed by atoms with E-state index in [4.69, 9.17) is 5.26 Å². The maximum absolute atomic E-state index is 13.7. The van der Waals surface area contributed by atoms with Gasteiger partial charge in [-0.15, -0.1) is 0 Å². The van der Waals surface area contributed by atoms with Gasteiger partial charge in [-0.1, -0.05) is 6.08 Å². The molecule has 2 aromatic rings.